The molecule has 0 unspecified atom stereocenters. The number of halogens is 1. The van der Waals surface area contributed by atoms with Gasteiger partial charge < -0.3 is 21.8 Å². The molecule has 3 nitrogen and oxygen atoms in total. The summed E-state index contributed by atoms with van der Waals surface area (Å²) in [4.78, 5) is 16.0. The molecule has 0 radical (unpaired) electrons. The molecule has 0 saturated heterocycles. The van der Waals surface area contributed by atoms with Gasteiger partial charge in [-0.15, -0.1) is 0 Å². The SMILES string of the molecule is C=O.C=O.[CH2-]CC.[CH2-]Nc1ccc(CCF)c(C)c1.[K+]. The summed E-state index contributed by atoms with van der Waals surface area (Å²) in [5.41, 5.74) is 3.15. The second-order valence-electron chi connectivity index (χ2n) is 3.26. The van der Waals surface area contributed by atoms with Crippen LogP contribution < -0.4 is 56.7 Å². The van der Waals surface area contributed by atoms with E-state index in [1.54, 1.807) is 0 Å². The Morgan fingerprint density at radius 1 is 1.25 bits per heavy atom. The quantitative estimate of drug-likeness (QED) is 0.656. The summed E-state index contributed by atoms with van der Waals surface area (Å²) in [7, 11) is 3.55. The van der Waals surface area contributed by atoms with Crippen molar-refractivity contribution in [1.29, 1.82) is 0 Å². The Bertz CT molecular complexity index is 310. The van der Waals surface area contributed by atoms with Crippen LogP contribution in [0.1, 0.15) is 24.5 Å². The van der Waals surface area contributed by atoms with E-state index >= 15 is 0 Å². The van der Waals surface area contributed by atoms with E-state index in [2.05, 4.69) is 19.3 Å². The Morgan fingerprint density at radius 3 is 2.00 bits per heavy atom. The van der Waals surface area contributed by atoms with Crippen LogP contribution >= 0.6 is 0 Å². The third kappa shape index (κ3) is 16.0. The van der Waals surface area contributed by atoms with Crippen molar-refractivity contribution in [1.82, 2.24) is 0 Å². The van der Waals surface area contributed by atoms with Gasteiger partial charge in [-0.2, -0.15) is 6.42 Å². The molecule has 110 valence electrons. The van der Waals surface area contributed by atoms with E-state index < -0.39 is 0 Å². The summed E-state index contributed by atoms with van der Waals surface area (Å²) >= 11 is 0. The van der Waals surface area contributed by atoms with E-state index in [9.17, 15) is 4.39 Å². The maximum absolute atomic E-state index is 12.0. The zero-order chi connectivity index (χ0) is 15.7. The molecule has 0 fully saturated rings. The zero-order valence-corrected chi connectivity index (χ0v) is 16.0. The van der Waals surface area contributed by atoms with Gasteiger partial charge >= 0.3 is 51.4 Å². The molecule has 1 aromatic rings. The Kier molecular flexibility index (Phi) is 33.7. The molecule has 0 amide bonds. The first-order valence-electron chi connectivity index (χ1n) is 5.75. The normalized spacial score (nSPS) is 7.25. The number of carbonyl (C=O) groups is 2. The van der Waals surface area contributed by atoms with Crippen LogP contribution in [0.4, 0.5) is 10.1 Å². The first-order valence-corrected chi connectivity index (χ1v) is 5.75. The standard InChI is InChI=1S/C10H13FN.C3H7.2CH2O.K/c1-8-7-10(12-2)4-3-9(8)5-6-11;1-3-2;2*1-2;/h3-4,7,12H,2,5-6H2,1H3;1,3H2,2H3;2*1H2;/q2*-1;;;+1. The second-order valence-corrected chi connectivity index (χ2v) is 3.26. The molecular weight excluding hydrogens is 284 g/mol. The minimum atomic E-state index is -0.294. The number of alkyl halides is 1. The van der Waals surface area contributed by atoms with Gasteiger partial charge in [-0.3, -0.25) is 11.4 Å². The summed E-state index contributed by atoms with van der Waals surface area (Å²) in [6.45, 7) is 11.2. The fraction of sp³-hybridized carbons (Fsp3) is 0.333. The van der Waals surface area contributed by atoms with E-state index in [1.165, 1.54) is 0 Å². The van der Waals surface area contributed by atoms with Crippen LogP contribution in [0.5, 0.6) is 0 Å². The molecular formula is C15H24FKNO2-. The van der Waals surface area contributed by atoms with Crippen LogP contribution in [-0.2, 0) is 16.0 Å². The topological polar surface area (TPSA) is 46.2 Å². The first-order chi connectivity index (χ1) is 9.19. The van der Waals surface area contributed by atoms with Crippen LogP contribution in [0.3, 0.4) is 0 Å². The molecule has 0 aliphatic heterocycles. The second kappa shape index (κ2) is 24.0. The van der Waals surface area contributed by atoms with Gasteiger partial charge in [-0.25, -0.2) is 0 Å². The zero-order valence-electron chi connectivity index (χ0n) is 12.9. The number of hydrogen-bond donors (Lipinski definition) is 1. The van der Waals surface area contributed by atoms with Gasteiger partial charge in [-0.05, 0) is 30.2 Å². The number of aryl methyl sites for hydroxylation is 2. The largest absolute Gasteiger partial charge is 1.00 e. The van der Waals surface area contributed by atoms with Crippen LogP contribution in [0.25, 0.3) is 0 Å². The van der Waals surface area contributed by atoms with Crippen molar-refractivity contribution in [2.45, 2.75) is 26.7 Å². The van der Waals surface area contributed by atoms with Gasteiger partial charge in [0.05, 0.1) is 6.67 Å². The fourth-order valence-corrected chi connectivity index (χ4v) is 1.19. The number of carbonyl (C=O) groups excluding carboxylic acids is 2. The minimum Gasteiger partial charge on any atom is -0.538 e. The predicted octanol–water partition coefficient (Wildman–Crippen LogP) is 0.575. The summed E-state index contributed by atoms with van der Waals surface area (Å²) in [5, 5.41) is 2.79. The number of hydrogen-bond acceptors (Lipinski definition) is 3. The molecule has 1 aromatic carbocycles. The molecule has 0 aliphatic rings. The number of nitrogens with one attached hydrogen (secondary N) is 1. The summed E-state index contributed by atoms with van der Waals surface area (Å²) in [5.74, 6) is 0. The van der Waals surface area contributed by atoms with Crippen molar-refractivity contribution < 1.29 is 65.4 Å². The molecule has 5 heteroatoms. The molecule has 0 saturated carbocycles. The third-order valence-corrected chi connectivity index (χ3v) is 1.91. The molecule has 0 aromatic heterocycles. The van der Waals surface area contributed by atoms with Crippen molar-refractivity contribution in [2.24, 2.45) is 0 Å². The van der Waals surface area contributed by atoms with E-state index in [4.69, 9.17) is 9.59 Å². The predicted molar refractivity (Wildman–Crippen MR) is 79.7 cm³/mol. The average molecular weight is 308 g/mol. The van der Waals surface area contributed by atoms with Crippen LogP contribution in [0.2, 0.25) is 0 Å². The Balaban J connectivity index is -0.000000138. The molecule has 20 heavy (non-hydrogen) atoms. The molecule has 1 N–H and O–H groups in total. The van der Waals surface area contributed by atoms with Gasteiger partial charge in [0, 0.05) is 12.1 Å². The Labute approximate surface area is 165 Å². The number of rotatable bonds is 3. The monoisotopic (exact) mass is 308 g/mol. The van der Waals surface area contributed by atoms with Crippen LogP contribution in [-0.4, -0.2) is 20.3 Å². The summed E-state index contributed by atoms with van der Waals surface area (Å²) < 4.78 is 12.0. The Hall–Kier alpha value is -0.0736. The van der Waals surface area contributed by atoms with Crippen LogP contribution in [0, 0.1) is 20.9 Å². The van der Waals surface area contributed by atoms with Crippen LogP contribution in [0.15, 0.2) is 18.2 Å². The Morgan fingerprint density at radius 2 is 1.70 bits per heavy atom. The smallest absolute Gasteiger partial charge is 0.538 e. The van der Waals surface area contributed by atoms with Crippen molar-refractivity contribution in [3.05, 3.63) is 43.3 Å². The molecule has 0 bridgehead atoms. The first kappa shape index (κ1) is 28.1. The summed E-state index contributed by atoms with van der Waals surface area (Å²) in [6, 6.07) is 5.81. The van der Waals surface area contributed by atoms with Gasteiger partial charge in [-0.1, -0.05) is 13.0 Å². The summed E-state index contributed by atoms with van der Waals surface area (Å²) in [6.07, 6.45) is 1.50. The van der Waals surface area contributed by atoms with Crippen molar-refractivity contribution in [3.8, 4) is 0 Å². The van der Waals surface area contributed by atoms with E-state index in [0.29, 0.717) is 6.42 Å². The maximum atomic E-state index is 12.0. The van der Waals surface area contributed by atoms with Gasteiger partial charge in [0.2, 0.25) is 0 Å². The van der Waals surface area contributed by atoms with Gasteiger partial charge in [0.15, 0.2) is 0 Å². The minimum absolute atomic E-state index is 0. The van der Waals surface area contributed by atoms with Crippen molar-refractivity contribution in [3.63, 3.8) is 0 Å². The fourth-order valence-electron chi connectivity index (χ4n) is 1.19. The molecule has 0 aliphatic carbocycles. The molecule has 1 rings (SSSR count). The number of anilines is 1. The van der Waals surface area contributed by atoms with Crippen molar-refractivity contribution >= 4 is 19.3 Å². The molecule has 0 atom stereocenters. The maximum Gasteiger partial charge on any atom is 1.00 e. The molecule has 0 heterocycles. The number of benzene rings is 1. The van der Waals surface area contributed by atoms with Gasteiger partial charge in [0.1, 0.15) is 13.6 Å². The van der Waals surface area contributed by atoms with E-state index in [-0.39, 0.29) is 58.1 Å². The van der Waals surface area contributed by atoms with Crippen molar-refractivity contribution in [2.75, 3.05) is 12.0 Å². The van der Waals surface area contributed by atoms with E-state index in [0.717, 1.165) is 23.2 Å². The average Bonchev–Trinajstić information content (AvgIpc) is 2.46. The third-order valence-electron chi connectivity index (χ3n) is 1.91. The van der Waals surface area contributed by atoms with Gasteiger partial charge in [0.25, 0.3) is 0 Å². The van der Waals surface area contributed by atoms with E-state index in [1.807, 2.05) is 45.6 Å². The molecule has 0 spiro atoms.